The van der Waals surface area contributed by atoms with Crippen molar-refractivity contribution < 1.29 is 19.1 Å². The van der Waals surface area contributed by atoms with Gasteiger partial charge in [-0.2, -0.15) is 5.10 Å². The summed E-state index contributed by atoms with van der Waals surface area (Å²) in [7, 11) is 0. The SMILES string of the molecule is CCOC(=O)c1cc(C(=O)N(Cc2ccc(Cl)cc2)C2(C(=O)NC3CCCC3)CC2)n[nH]1. The molecule has 1 aromatic heterocycles. The molecule has 2 aliphatic rings. The molecule has 0 unspecified atom stereocenters. The first-order chi connectivity index (χ1) is 15.4. The van der Waals surface area contributed by atoms with E-state index in [4.69, 9.17) is 16.3 Å². The van der Waals surface area contributed by atoms with Gasteiger partial charge in [-0.3, -0.25) is 14.7 Å². The zero-order valence-corrected chi connectivity index (χ0v) is 18.8. The van der Waals surface area contributed by atoms with Crippen LogP contribution in [-0.4, -0.2) is 51.1 Å². The third-order valence-corrected chi connectivity index (χ3v) is 6.40. The van der Waals surface area contributed by atoms with E-state index in [1.54, 1.807) is 24.0 Å². The molecular formula is C23H27ClN4O4. The standard InChI is InChI=1S/C23H27ClN4O4/c1-2-32-21(30)19-13-18(26-27-19)20(29)28(14-15-7-9-16(24)10-8-15)23(11-12-23)22(31)25-17-5-3-4-6-17/h7-10,13,17H,2-6,11-12,14H2,1H3,(H,25,31)(H,26,27). The molecule has 170 valence electrons. The molecule has 2 saturated carbocycles. The summed E-state index contributed by atoms with van der Waals surface area (Å²) in [4.78, 5) is 40.4. The quantitative estimate of drug-likeness (QED) is 0.589. The van der Waals surface area contributed by atoms with Gasteiger partial charge in [-0.1, -0.05) is 36.6 Å². The van der Waals surface area contributed by atoms with Crippen molar-refractivity contribution in [3.8, 4) is 0 Å². The van der Waals surface area contributed by atoms with Gasteiger partial charge in [-0.15, -0.1) is 0 Å². The smallest absolute Gasteiger partial charge is 0.356 e. The number of amides is 2. The predicted octanol–water partition coefficient (Wildman–Crippen LogP) is 3.47. The number of H-pyrrole nitrogens is 1. The Hall–Kier alpha value is -2.87. The molecule has 2 aliphatic carbocycles. The van der Waals surface area contributed by atoms with Crippen molar-refractivity contribution in [2.45, 2.75) is 63.6 Å². The summed E-state index contributed by atoms with van der Waals surface area (Å²) < 4.78 is 4.97. The van der Waals surface area contributed by atoms with E-state index in [-0.39, 0.29) is 36.5 Å². The molecule has 9 heteroatoms. The Kier molecular flexibility index (Phi) is 6.50. The van der Waals surface area contributed by atoms with Crippen LogP contribution in [0, 0.1) is 0 Å². The number of aromatic nitrogens is 2. The van der Waals surface area contributed by atoms with E-state index >= 15 is 0 Å². The average molecular weight is 459 g/mol. The molecule has 0 radical (unpaired) electrons. The Balaban J connectivity index is 1.60. The van der Waals surface area contributed by atoms with Gasteiger partial charge in [0, 0.05) is 23.7 Å². The zero-order chi connectivity index (χ0) is 22.7. The number of carbonyl (C=O) groups excluding carboxylic acids is 3. The fraction of sp³-hybridized carbons (Fsp3) is 0.478. The highest BCUT2D eigenvalue weighted by molar-refractivity contribution is 6.30. The average Bonchev–Trinajstić information content (AvgIpc) is 3.18. The maximum absolute atomic E-state index is 13.5. The maximum atomic E-state index is 13.5. The minimum Gasteiger partial charge on any atom is -0.461 e. The van der Waals surface area contributed by atoms with E-state index < -0.39 is 17.4 Å². The lowest BCUT2D eigenvalue weighted by atomic mass is 10.1. The summed E-state index contributed by atoms with van der Waals surface area (Å²) in [6.45, 7) is 2.15. The van der Waals surface area contributed by atoms with Gasteiger partial charge in [0.2, 0.25) is 5.91 Å². The normalized spacial score (nSPS) is 17.1. The van der Waals surface area contributed by atoms with Crippen LogP contribution in [0.1, 0.15) is 72.0 Å². The molecule has 2 fully saturated rings. The van der Waals surface area contributed by atoms with Gasteiger partial charge < -0.3 is 15.0 Å². The Bertz CT molecular complexity index is 994. The van der Waals surface area contributed by atoms with Crippen molar-refractivity contribution in [1.82, 2.24) is 20.4 Å². The molecule has 2 amide bonds. The fourth-order valence-electron chi connectivity index (χ4n) is 4.20. The zero-order valence-electron chi connectivity index (χ0n) is 18.0. The Morgan fingerprint density at radius 3 is 2.53 bits per heavy atom. The molecular weight excluding hydrogens is 432 g/mol. The molecule has 0 bridgehead atoms. The predicted molar refractivity (Wildman–Crippen MR) is 118 cm³/mol. The third kappa shape index (κ3) is 4.65. The summed E-state index contributed by atoms with van der Waals surface area (Å²) in [5, 5.41) is 10.3. The number of esters is 1. The molecule has 2 aromatic rings. The number of ether oxygens (including phenoxy) is 1. The van der Waals surface area contributed by atoms with Crippen molar-refractivity contribution in [2.24, 2.45) is 0 Å². The molecule has 1 aromatic carbocycles. The second-order valence-electron chi connectivity index (χ2n) is 8.39. The van der Waals surface area contributed by atoms with E-state index in [2.05, 4.69) is 15.5 Å². The van der Waals surface area contributed by atoms with E-state index in [0.29, 0.717) is 17.9 Å². The molecule has 1 heterocycles. The number of hydrogen-bond donors (Lipinski definition) is 2. The molecule has 0 saturated heterocycles. The first-order valence-electron chi connectivity index (χ1n) is 11.0. The van der Waals surface area contributed by atoms with E-state index in [9.17, 15) is 14.4 Å². The van der Waals surface area contributed by atoms with Crippen molar-refractivity contribution in [3.63, 3.8) is 0 Å². The summed E-state index contributed by atoms with van der Waals surface area (Å²) in [5.41, 5.74) is 0.107. The van der Waals surface area contributed by atoms with Crippen LogP contribution in [0.4, 0.5) is 0 Å². The van der Waals surface area contributed by atoms with Gasteiger partial charge in [0.05, 0.1) is 6.61 Å². The van der Waals surface area contributed by atoms with Gasteiger partial charge in [0.25, 0.3) is 5.91 Å². The van der Waals surface area contributed by atoms with Crippen LogP contribution in [0.15, 0.2) is 30.3 Å². The van der Waals surface area contributed by atoms with Gasteiger partial charge in [0.15, 0.2) is 5.69 Å². The van der Waals surface area contributed by atoms with Crippen LogP contribution < -0.4 is 5.32 Å². The number of benzene rings is 1. The molecule has 2 N–H and O–H groups in total. The van der Waals surface area contributed by atoms with E-state index in [1.807, 2.05) is 12.1 Å². The highest BCUT2D eigenvalue weighted by Gasteiger charge is 2.57. The number of nitrogens with one attached hydrogen (secondary N) is 2. The Labute approximate surface area is 191 Å². The van der Waals surface area contributed by atoms with Crippen LogP contribution in [-0.2, 0) is 16.1 Å². The second kappa shape index (κ2) is 9.32. The molecule has 0 atom stereocenters. The largest absolute Gasteiger partial charge is 0.461 e. The third-order valence-electron chi connectivity index (χ3n) is 6.14. The van der Waals surface area contributed by atoms with E-state index in [0.717, 1.165) is 31.2 Å². The first-order valence-corrected chi connectivity index (χ1v) is 11.4. The van der Waals surface area contributed by atoms with Crippen molar-refractivity contribution >= 4 is 29.4 Å². The van der Waals surface area contributed by atoms with Crippen molar-refractivity contribution in [3.05, 3.63) is 52.3 Å². The summed E-state index contributed by atoms with van der Waals surface area (Å²) in [6.07, 6.45) is 5.31. The van der Waals surface area contributed by atoms with Crippen molar-refractivity contribution in [1.29, 1.82) is 0 Å². The number of carbonyl (C=O) groups is 3. The number of nitrogens with zero attached hydrogens (tertiary/aromatic N) is 2. The van der Waals surface area contributed by atoms with Crippen molar-refractivity contribution in [2.75, 3.05) is 6.61 Å². The Morgan fingerprint density at radius 1 is 1.22 bits per heavy atom. The number of aromatic amines is 1. The molecule has 0 aliphatic heterocycles. The monoisotopic (exact) mass is 458 g/mol. The number of hydrogen-bond acceptors (Lipinski definition) is 5. The minimum absolute atomic E-state index is 0.0713. The molecule has 4 rings (SSSR count). The molecule has 8 nitrogen and oxygen atoms in total. The van der Waals surface area contributed by atoms with Crippen LogP contribution in [0.3, 0.4) is 0 Å². The maximum Gasteiger partial charge on any atom is 0.356 e. The van der Waals surface area contributed by atoms with Gasteiger partial charge in [-0.05, 0) is 50.3 Å². The van der Waals surface area contributed by atoms with Crippen LogP contribution in [0.25, 0.3) is 0 Å². The number of rotatable bonds is 8. The molecule has 0 spiro atoms. The highest BCUT2D eigenvalue weighted by Crippen LogP contribution is 2.44. The van der Waals surface area contributed by atoms with Gasteiger partial charge >= 0.3 is 5.97 Å². The lowest BCUT2D eigenvalue weighted by molar-refractivity contribution is -0.128. The summed E-state index contributed by atoms with van der Waals surface area (Å²) >= 11 is 6.01. The van der Waals surface area contributed by atoms with E-state index in [1.165, 1.54) is 6.07 Å². The molecule has 32 heavy (non-hydrogen) atoms. The van der Waals surface area contributed by atoms with Gasteiger partial charge in [0.1, 0.15) is 11.2 Å². The summed E-state index contributed by atoms with van der Waals surface area (Å²) in [6, 6.07) is 8.72. The topological polar surface area (TPSA) is 104 Å². The fourth-order valence-corrected chi connectivity index (χ4v) is 4.33. The van der Waals surface area contributed by atoms with Crippen LogP contribution in [0.5, 0.6) is 0 Å². The second-order valence-corrected chi connectivity index (χ2v) is 8.83. The highest BCUT2D eigenvalue weighted by atomic mass is 35.5. The lowest BCUT2D eigenvalue weighted by Gasteiger charge is -2.32. The van der Waals surface area contributed by atoms with Gasteiger partial charge in [-0.25, -0.2) is 4.79 Å². The van der Waals surface area contributed by atoms with Crippen LogP contribution >= 0.6 is 11.6 Å². The minimum atomic E-state index is -0.914. The summed E-state index contributed by atoms with van der Waals surface area (Å²) in [5.74, 6) is -1.11. The number of halogens is 1. The Morgan fingerprint density at radius 2 is 1.91 bits per heavy atom. The first kappa shape index (κ1) is 22.3. The van der Waals surface area contributed by atoms with Crippen LogP contribution in [0.2, 0.25) is 5.02 Å². The lowest BCUT2D eigenvalue weighted by Crippen LogP contribution is -2.53.